The fourth-order valence-corrected chi connectivity index (χ4v) is 2.21. The van der Waals surface area contributed by atoms with E-state index in [4.69, 9.17) is 22.7 Å². The minimum atomic E-state index is -0.331. The second-order valence-electron chi connectivity index (χ2n) is 4.56. The summed E-state index contributed by atoms with van der Waals surface area (Å²) < 4.78 is 5.43. The fraction of sp³-hybridized carbons (Fsp3) is 0.429. The van der Waals surface area contributed by atoms with Gasteiger partial charge >= 0.3 is 0 Å². The predicted octanol–water partition coefficient (Wildman–Crippen LogP) is 1.38. The standard InChI is InChI=1S/C14H18N2O2S/c1-2-10-3-5-11(6-4-10)14(17)16-7-8-18-12(9-16)13(15)19/h3-6,12H,2,7-9H2,1H3,(H2,15,19). The Morgan fingerprint density at radius 3 is 2.74 bits per heavy atom. The monoisotopic (exact) mass is 278 g/mol. The van der Waals surface area contributed by atoms with Gasteiger partial charge in [0.05, 0.1) is 13.2 Å². The minimum Gasteiger partial charge on any atom is -0.391 e. The van der Waals surface area contributed by atoms with Crippen molar-refractivity contribution in [3.8, 4) is 0 Å². The molecule has 102 valence electrons. The summed E-state index contributed by atoms with van der Waals surface area (Å²) in [4.78, 5) is 14.4. The second kappa shape index (κ2) is 6.12. The Balaban J connectivity index is 2.07. The number of carbonyl (C=O) groups excluding carboxylic acids is 1. The quantitative estimate of drug-likeness (QED) is 0.849. The van der Waals surface area contributed by atoms with E-state index >= 15 is 0 Å². The largest absolute Gasteiger partial charge is 0.391 e. The highest BCUT2D eigenvalue weighted by molar-refractivity contribution is 7.80. The van der Waals surface area contributed by atoms with Crippen molar-refractivity contribution in [2.75, 3.05) is 19.7 Å². The molecule has 1 fully saturated rings. The topological polar surface area (TPSA) is 55.6 Å². The summed E-state index contributed by atoms with van der Waals surface area (Å²) in [6.07, 6.45) is 0.637. The first-order chi connectivity index (χ1) is 9.11. The number of morpholine rings is 1. The van der Waals surface area contributed by atoms with E-state index < -0.39 is 0 Å². The molecule has 1 atom stereocenters. The van der Waals surface area contributed by atoms with Crippen LogP contribution in [-0.2, 0) is 11.2 Å². The lowest BCUT2D eigenvalue weighted by Gasteiger charge is -2.32. The van der Waals surface area contributed by atoms with Crippen molar-refractivity contribution in [2.45, 2.75) is 19.4 Å². The lowest BCUT2D eigenvalue weighted by Crippen LogP contribution is -2.49. The third kappa shape index (κ3) is 3.30. The molecule has 4 nitrogen and oxygen atoms in total. The Hall–Kier alpha value is -1.46. The molecule has 0 aromatic heterocycles. The van der Waals surface area contributed by atoms with Gasteiger partial charge < -0.3 is 15.4 Å². The highest BCUT2D eigenvalue weighted by Crippen LogP contribution is 2.12. The van der Waals surface area contributed by atoms with Crippen LogP contribution in [0, 0.1) is 0 Å². The molecule has 2 rings (SSSR count). The lowest BCUT2D eigenvalue weighted by atomic mass is 10.1. The normalized spacial score (nSPS) is 19.2. The second-order valence-corrected chi connectivity index (χ2v) is 5.03. The first kappa shape index (κ1) is 14.0. The maximum Gasteiger partial charge on any atom is 0.254 e. The van der Waals surface area contributed by atoms with E-state index in [9.17, 15) is 4.79 Å². The smallest absolute Gasteiger partial charge is 0.254 e. The zero-order valence-corrected chi connectivity index (χ0v) is 11.8. The molecule has 1 aromatic rings. The van der Waals surface area contributed by atoms with Crippen molar-refractivity contribution in [1.82, 2.24) is 4.90 Å². The molecule has 1 amide bonds. The van der Waals surface area contributed by atoms with Gasteiger partial charge in [-0.1, -0.05) is 31.3 Å². The zero-order valence-electron chi connectivity index (χ0n) is 11.0. The summed E-state index contributed by atoms with van der Waals surface area (Å²) in [7, 11) is 0. The molecular weight excluding hydrogens is 260 g/mol. The highest BCUT2D eigenvalue weighted by Gasteiger charge is 2.26. The van der Waals surface area contributed by atoms with Gasteiger partial charge in [0, 0.05) is 12.1 Å². The van der Waals surface area contributed by atoms with Crippen LogP contribution in [0.5, 0.6) is 0 Å². The van der Waals surface area contributed by atoms with Crippen LogP contribution >= 0.6 is 12.2 Å². The number of carbonyl (C=O) groups is 1. The van der Waals surface area contributed by atoms with Gasteiger partial charge in [-0.05, 0) is 24.1 Å². The number of benzene rings is 1. The number of aryl methyl sites for hydroxylation is 1. The number of rotatable bonds is 3. The van der Waals surface area contributed by atoms with Crippen LogP contribution in [0.4, 0.5) is 0 Å². The molecule has 2 N–H and O–H groups in total. The van der Waals surface area contributed by atoms with E-state index in [-0.39, 0.29) is 12.0 Å². The molecule has 19 heavy (non-hydrogen) atoms. The van der Waals surface area contributed by atoms with Crippen LogP contribution in [0.15, 0.2) is 24.3 Å². The Morgan fingerprint density at radius 2 is 2.16 bits per heavy atom. The summed E-state index contributed by atoms with van der Waals surface area (Å²) in [5.41, 5.74) is 7.49. The van der Waals surface area contributed by atoms with Crippen LogP contribution in [0.1, 0.15) is 22.8 Å². The molecule has 0 saturated carbocycles. The Morgan fingerprint density at radius 1 is 1.47 bits per heavy atom. The number of ether oxygens (including phenoxy) is 1. The van der Waals surface area contributed by atoms with Crippen molar-refractivity contribution in [2.24, 2.45) is 5.73 Å². The number of nitrogens with zero attached hydrogens (tertiary/aromatic N) is 1. The summed E-state index contributed by atoms with van der Waals surface area (Å²) >= 11 is 4.92. The molecule has 1 aromatic carbocycles. The first-order valence-corrected chi connectivity index (χ1v) is 6.81. The maximum absolute atomic E-state index is 12.4. The Kier molecular flexibility index (Phi) is 4.50. The van der Waals surface area contributed by atoms with Crippen LogP contribution in [0.2, 0.25) is 0 Å². The SMILES string of the molecule is CCc1ccc(C(=O)N2CCOC(C(N)=S)C2)cc1. The van der Waals surface area contributed by atoms with Gasteiger partial charge in [-0.15, -0.1) is 0 Å². The maximum atomic E-state index is 12.4. The molecule has 1 heterocycles. The number of hydrogen-bond donors (Lipinski definition) is 1. The van der Waals surface area contributed by atoms with Gasteiger partial charge in [-0.25, -0.2) is 0 Å². The van der Waals surface area contributed by atoms with Crippen molar-refractivity contribution in [1.29, 1.82) is 0 Å². The van der Waals surface area contributed by atoms with Gasteiger partial charge in [0.1, 0.15) is 11.1 Å². The highest BCUT2D eigenvalue weighted by atomic mass is 32.1. The van der Waals surface area contributed by atoms with Crippen LogP contribution in [0.3, 0.4) is 0 Å². The number of hydrogen-bond acceptors (Lipinski definition) is 3. The molecule has 5 heteroatoms. The van der Waals surface area contributed by atoms with Crippen LogP contribution in [-0.4, -0.2) is 41.6 Å². The molecule has 0 spiro atoms. The van der Waals surface area contributed by atoms with Crippen molar-refractivity contribution in [3.63, 3.8) is 0 Å². The van der Waals surface area contributed by atoms with Gasteiger partial charge in [0.2, 0.25) is 0 Å². The van der Waals surface area contributed by atoms with E-state index in [1.54, 1.807) is 4.90 Å². The van der Waals surface area contributed by atoms with E-state index in [1.807, 2.05) is 24.3 Å². The molecule has 1 saturated heterocycles. The van der Waals surface area contributed by atoms with E-state index in [2.05, 4.69) is 6.92 Å². The van der Waals surface area contributed by atoms with Crippen molar-refractivity contribution >= 4 is 23.1 Å². The fourth-order valence-electron chi connectivity index (χ4n) is 2.07. The van der Waals surface area contributed by atoms with Crippen molar-refractivity contribution < 1.29 is 9.53 Å². The summed E-state index contributed by atoms with van der Waals surface area (Å²) in [6, 6.07) is 7.70. The minimum absolute atomic E-state index is 0.00667. The summed E-state index contributed by atoms with van der Waals surface area (Å²) in [5, 5.41) is 0. The van der Waals surface area contributed by atoms with Crippen molar-refractivity contribution in [3.05, 3.63) is 35.4 Å². The van der Waals surface area contributed by atoms with Gasteiger partial charge in [0.15, 0.2) is 0 Å². The Bertz CT molecular complexity index is 473. The van der Waals surface area contributed by atoms with Crippen LogP contribution in [0.25, 0.3) is 0 Å². The molecular formula is C14H18N2O2S. The number of amides is 1. The van der Waals surface area contributed by atoms with E-state index in [0.29, 0.717) is 30.2 Å². The van der Waals surface area contributed by atoms with Crippen LogP contribution < -0.4 is 5.73 Å². The molecule has 1 unspecified atom stereocenters. The first-order valence-electron chi connectivity index (χ1n) is 6.41. The number of thiocarbonyl (C=S) groups is 1. The molecule has 0 aliphatic carbocycles. The predicted molar refractivity (Wildman–Crippen MR) is 78.2 cm³/mol. The third-order valence-electron chi connectivity index (χ3n) is 3.28. The third-order valence-corrected chi connectivity index (χ3v) is 3.54. The summed E-state index contributed by atoms with van der Waals surface area (Å²) in [6.45, 7) is 3.57. The molecule has 0 radical (unpaired) electrons. The van der Waals surface area contributed by atoms with Gasteiger partial charge in [-0.3, -0.25) is 4.79 Å². The van der Waals surface area contributed by atoms with E-state index in [1.165, 1.54) is 5.56 Å². The Labute approximate surface area is 118 Å². The van der Waals surface area contributed by atoms with E-state index in [0.717, 1.165) is 6.42 Å². The zero-order chi connectivity index (χ0) is 13.8. The molecule has 1 aliphatic heterocycles. The lowest BCUT2D eigenvalue weighted by molar-refractivity contribution is 0.00879. The summed E-state index contributed by atoms with van der Waals surface area (Å²) in [5.74, 6) is 0.00667. The van der Waals surface area contributed by atoms with Gasteiger partial charge in [-0.2, -0.15) is 0 Å². The molecule has 0 bridgehead atoms. The van der Waals surface area contributed by atoms with Gasteiger partial charge in [0.25, 0.3) is 5.91 Å². The number of nitrogens with two attached hydrogens (primary N) is 1. The average molecular weight is 278 g/mol. The average Bonchev–Trinajstić information content (AvgIpc) is 2.46. The molecule has 1 aliphatic rings.